The van der Waals surface area contributed by atoms with E-state index in [4.69, 9.17) is 10.2 Å². The van der Waals surface area contributed by atoms with Crippen LogP contribution in [0.2, 0.25) is 0 Å². The van der Waals surface area contributed by atoms with E-state index < -0.39 is 13.2 Å². The Morgan fingerprint density at radius 2 is 1.00 bits per heavy atom. The Balaban J connectivity index is 2.26. The summed E-state index contributed by atoms with van der Waals surface area (Å²) in [6.07, 6.45) is 3.21. The summed E-state index contributed by atoms with van der Waals surface area (Å²) in [5, 5.41) is 57.2. The lowest BCUT2D eigenvalue weighted by Gasteiger charge is -2.13. The number of aryl methyl sites for hydroxylation is 2. The number of aromatic nitrogens is 2. The van der Waals surface area contributed by atoms with Gasteiger partial charge in [-0.05, 0) is 12.8 Å². The zero-order chi connectivity index (χ0) is 17.7. The molecule has 2 aromatic heterocycles. The molecule has 0 aliphatic rings. The third kappa shape index (κ3) is 3.46. The van der Waals surface area contributed by atoms with Crippen molar-refractivity contribution < 1.29 is 30.6 Å². The molecule has 8 heteroatoms. The van der Waals surface area contributed by atoms with Crippen LogP contribution in [0.4, 0.5) is 0 Å². The minimum absolute atomic E-state index is 0.196. The van der Waals surface area contributed by atoms with Gasteiger partial charge in [0, 0.05) is 34.6 Å². The third-order valence-corrected chi connectivity index (χ3v) is 3.90. The molecule has 8 nitrogen and oxygen atoms in total. The Bertz CT molecular complexity index is 659. The van der Waals surface area contributed by atoms with Gasteiger partial charge in [-0.2, -0.15) is 0 Å². The second kappa shape index (κ2) is 8.02. The van der Waals surface area contributed by atoms with Gasteiger partial charge in [0.2, 0.25) is 0 Å². The van der Waals surface area contributed by atoms with E-state index in [0.717, 1.165) is 0 Å². The number of aromatic hydroxyl groups is 2. The van der Waals surface area contributed by atoms with Crippen LogP contribution in [0.15, 0.2) is 12.4 Å². The highest BCUT2D eigenvalue weighted by atomic mass is 16.3. The van der Waals surface area contributed by atoms with Crippen molar-refractivity contribution in [1.82, 2.24) is 9.97 Å². The SMILES string of the molecule is OCc1cnc(CCc2ncc(CO)c(CO)c2O)c(O)c1CO. The number of aliphatic hydroxyl groups excluding tert-OH is 4. The van der Waals surface area contributed by atoms with E-state index >= 15 is 0 Å². The molecule has 130 valence electrons. The maximum Gasteiger partial charge on any atom is 0.142 e. The predicted octanol–water partition coefficient (Wildman–Crippen LogP) is -0.358. The van der Waals surface area contributed by atoms with Crippen molar-refractivity contribution >= 4 is 0 Å². The van der Waals surface area contributed by atoms with Gasteiger partial charge in [-0.3, -0.25) is 9.97 Å². The van der Waals surface area contributed by atoms with Crippen molar-refractivity contribution in [3.05, 3.63) is 46.0 Å². The third-order valence-electron chi connectivity index (χ3n) is 3.90. The van der Waals surface area contributed by atoms with E-state index in [0.29, 0.717) is 22.5 Å². The second-order valence-corrected chi connectivity index (χ2v) is 5.25. The Morgan fingerprint density at radius 3 is 1.29 bits per heavy atom. The molecule has 0 amide bonds. The smallest absolute Gasteiger partial charge is 0.142 e. The molecule has 0 atom stereocenters. The fourth-order valence-electron chi connectivity index (χ4n) is 2.47. The van der Waals surface area contributed by atoms with Crippen LogP contribution in [0, 0.1) is 0 Å². The maximum absolute atomic E-state index is 10.1. The molecule has 0 fully saturated rings. The molecule has 0 spiro atoms. The topological polar surface area (TPSA) is 147 Å². The van der Waals surface area contributed by atoms with Gasteiger partial charge < -0.3 is 30.6 Å². The Kier molecular flexibility index (Phi) is 6.04. The molecular formula is C16H20N2O6. The van der Waals surface area contributed by atoms with Gasteiger partial charge in [0.1, 0.15) is 11.5 Å². The number of rotatable bonds is 7. The molecule has 0 radical (unpaired) electrons. The van der Waals surface area contributed by atoms with Crippen molar-refractivity contribution in [2.45, 2.75) is 39.3 Å². The molecule has 24 heavy (non-hydrogen) atoms. The predicted molar refractivity (Wildman–Crippen MR) is 82.9 cm³/mol. The van der Waals surface area contributed by atoms with Gasteiger partial charge in [0.15, 0.2) is 0 Å². The van der Waals surface area contributed by atoms with Gasteiger partial charge in [0.25, 0.3) is 0 Å². The van der Waals surface area contributed by atoms with Crippen LogP contribution >= 0.6 is 0 Å². The number of hydrogen-bond acceptors (Lipinski definition) is 8. The van der Waals surface area contributed by atoms with Crippen molar-refractivity contribution in [2.75, 3.05) is 0 Å². The van der Waals surface area contributed by atoms with Crippen molar-refractivity contribution in [1.29, 1.82) is 0 Å². The standard InChI is InChI=1S/C16H20N2O6/c19-5-9-3-17-13(15(23)11(9)7-21)1-2-14-16(24)12(8-22)10(6-20)4-18-14/h3-4,19-24H,1-2,5-8H2. The molecule has 0 aliphatic carbocycles. The number of nitrogens with zero attached hydrogens (tertiary/aromatic N) is 2. The molecule has 6 N–H and O–H groups in total. The summed E-state index contributed by atoms with van der Waals surface area (Å²) in [6, 6.07) is 0. The summed E-state index contributed by atoms with van der Waals surface area (Å²) in [4.78, 5) is 8.12. The average Bonchev–Trinajstić information content (AvgIpc) is 2.60. The van der Waals surface area contributed by atoms with E-state index in [9.17, 15) is 20.4 Å². The van der Waals surface area contributed by atoms with E-state index in [2.05, 4.69) is 9.97 Å². The molecule has 0 aliphatic heterocycles. The first-order chi connectivity index (χ1) is 11.6. The summed E-state index contributed by atoms with van der Waals surface area (Å²) < 4.78 is 0. The lowest BCUT2D eigenvalue weighted by molar-refractivity contribution is 0.253. The normalized spacial score (nSPS) is 11.0. The van der Waals surface area contributed by atoms with Gasteiger partial charge in [0.05, 0.1) is 37.8 Å². The van der Waals surface area contributed by atoms with Gasteiger partial charge in [-0.15, -0.1) is 0 Å². The lowest BCUT2D eigenvalue weighted by atomic mass is 10.0. The highest BCUT2D eigenvalue weighted by molar-refractivity contribution is 5.43. The molecule has 0 saturated carbocycles. The van der Waals surface area contributed by atoms with E-state index in [1.807, 2.05) is 0 Å². The molecule has 0 bridgehead atoms. The second-order valence-electron chi connectivity index (χ2n) is 5.25. The molecule has 0 unspecified atom stereocenters. The molecule has 0 saturated heterocycles. The van der Waals surface area contributed by atoms with E-state index in [-0.39, 0.29) is 48.7 Å². The molecular weight excluding hydrogens is 316 g/mol. The number of aliphatic hydroxyl groups is 4. The van der Waals surface area contributed by atoms with E-state index in [1.165, 1.54) is 12.4 Å². The van der Waals surface area contributed by atoms with Crippen molar-refractivity contribution in [3.8, 4) is 11.5 Å². The van der Waals surface area contributed by atoms with Gasteiger partial charge in [-0.1, -0.05) is 0 Å². The van der Waals surface area contributed by atoms with Crippen LogP contribution in [0.1, 0.15) is 33.6 Å². The minimum Gasteiger partial charge on any atom is -0.506 e. The summed E-state index contributed by atoms with van der Waals surface area (Å²) >= 11 is 0. The zero-order valence-corrected chi connectivity index (χ0v) is 13.0. The Labute approximate surface area is 138 Å². The molecule has 0 aromatic carbocycles. The average molecular weight is 336 g/mol. The largest absolute Gasteiger partial charge is 0.506 e. The Hall–Kier alpha value is -2.26. The summed E-state index contributed by atoms with van der Waals surface area (Å²) in [6.45, 7) is -1.55. The first-order valence-electron chi connectivity index (χ1n) is 7.37. The Morgan fingerprint density at radius 1 is 0.625 bits per heavy atom. The van der Waals surface area contributed by atoms with Crippen molar-refractivity contribution in [2.24, 2.45) is 0 Å². The van der Waals surface area contributed by atoms with Crippen LogP contribution < -0.4 is 0 Å². The van der Waals surface area contributed by atoms with Crippen molar-refractivity contribution in [3.63, 3.8) is 0 Å². The van der Waals surface area contributed by atoms with E-state index in [1.54, 1.807) is 0 Å². The summed E-state index contributed by atoms with van der Waals surface area (Å²) in [5.74, 6) is -0.393. The molecule has 2 heterocycles. The van der Waals surface area contributed by atoms with Gasteiger partial charge >= 0.3 is 0 Å². The molecule has 2 rings (SSSR count). The number of pyridine rings is 2. The van der Waals surface area contributed by atoms with Crippen LogP contribution in [0.3, 0.4) is 0 Å². The van der Waals surface area contributed by atoms with Crippen LogP contribution in [0.25, 0.3) is 0 Å². The lowest BCUT2D eigenvalue weighted by Crippen LogP contribution is -2.05. The highest BCUT2D eigenvalue weighted by Gasteiger charge is 2.16. The summed E-state index contributed by atoms with van der Waals surface area (Å²) in [7, 11) is 0. The summed E-state index contributed by atoms with van der Waals surface area (Å²) in [5.41, 5.74) is 1.71. The minimum atomic E-state index is -0.430. The monoisotopic (exact) mass is 336 g/mol. The van der Waals surface area contributed by atoms with Gasteiger partial charge in [-0.25, -0.2) is 0 Å². The first-order valence-corrected chi connectivity index (χ1v) is 7.37. The van der Waals surface area contributed by atoms with Crippen LogP contribution in [-0.2, 0) is 39.3 Å². The van der Waals surface area contributed by atoms with Crippen LogP contribution in [0.5, 0.6) is 11.5 Å². The molecule has 2 aromatic rings. The fraction of sp³-hybridized carbons (Fsp3) is 0.375. The highest BCUT2D eigenvalue weighted by Crippen LogP contribution is 2.28. The van der Waals surface area contributed by atoms with Crippen LogP contribution in [-0.4, -0.2) is 40.6 Å². The fourth-order valence-corrected chi connectivity index (χ4v) is 2.47. The first kappa shape index (κ1) is 18.1. The maximum atomic E-state index is 10.1. The number of hydrogen-bond donors (Lipinski definition) is 6. The quantitative estimate of drug-likeness (QED) is 0.402. The zero-order valence-electron chi connectivity index (χ0n) is 13.0.